The third-order valence-corrected chi connectivity index (χ3v) is 14.4. The Labute approximate surface area is 307 Å². The van der Waals surface area contributed by atoms with Crippen LogP contribution in [-0.4, -0.2) is 31.9 Å². The molecular weight excluding hydrogens is 722 g/mol. The first kappa shape index (κ1) is 29.7. The van der Waals surface area contributed by atoms with Gasteiger partial charge in [-0.2, -0.15) is 0 Å². The van der Waals surface area contributed by atoms with Crippen molar-refractivity contribution in [1.29, 1.82) is 0 Å². The SMILES string of the molecule is [Ge][c]1ccccc1-c1cccc(-c2cccc3c(-c4cccc5ccccc45)c4cccc(-c5cccc6[c]5[Ge][c]5ccccc5-6)c4cc23)c1. The third kappa shape index (κ3) is 4.74. The van der Waals surface area contributed by atoms with E-state index in [1.807, 2.05) is 0 Å². The van der Waals surface area contributed by atoms with Gasteiger partial charge < -0.3 is 0 Å². The average molecular weight is 751 g/mol. The molecule has 50 heavy (non-hydrogen) atoms. The summed E-state index contributed by atoms with van der Waals surface area (Å²) >= 11 is 1.75. The number of fused-ring (bicyclic) bond motifs is 6. The summed E-state index contributed by atoms with van der Waals surface area (Å²) in [6.07, 6.45) is 0. The quantitative estimate of drug-likeness (QED) is 0.124. The average Bonchev–Trinajstić information content (AvgIpc) is 3.56. The van der Waals surface area contributed by atoms with Crippen LogP contribution in [0.3, 0.4) is 0 Å². The van der Waals surface area contributed by atoms with Gasteiger partial charge in [0.25, 0.3) is 0 Å². The molecule has 0 aromatic heterocycles. The number of rotatable bonds is 4. The molecule has 0 amide bonds. The first-order valence-corrected chi connectivity index (χ1v) is 20.3. The fraction of sp³-hybridized carbons (Fsp3) is 0. The van der Waals surface area contributed by atoms with Crippen molar-refractivity contribution in [2.75, 3.05) is 0 Å². The van der Waals surface area contributed by atoms with Gasteiger partial charge >= 0.3 is 309 Å². The zero-order chi connectivity index (χ0) is 33.2. The molecule has 0 saturated carbocycles. The number of benzene rings is 9. The Morgan fingerprint density at radius 3 is 1.70 bits per heavy atom. The maximum atomic E-state index is 2.49. The Balaban J connectivity index is 1.30. The van der Waals surface area contributed by atoms with Gasteiger partial charge in [-0.3, -0.25) is 0 Å². The van der Waals surface area contributed by atoms with Crippen molar-refractivity contribution in [2.24, 2.45) is 0 Å². The Kier molecular flexibility index (Phi) is 7.15. The van der Waals surface area contributed by atoms with Crippen LogP contribution in [0.4, 0.5) is 0 Å². The molecule has 9 aromatic carbocycles. The van der Waals surface area contributed by atoms with E-state index < -0.39 is 15.4 Å². The Hall–Kier alpha value is -5.15. The number of hydrogen-bond donors (Lipinski definition) is 0. The van der Waals surface area contributed by atoms with Gasteiger partial charge in [0.05, 0.1) is 0 Å². The van der Waals surface area contributed by atoms with Gasteiger partial charge in [-0.15, -0.1) is 0 Å². The van der Waals surface area contributed by atoms with E-state index in [1.54, 1.807) is 4.40 Å². The van der Waals surface area contributed by atoms with Gasteiger partial charge in [0.1, 0.15) is 0 Å². The molecule has 0 aliphatic carbocycles. The van der Waals surface area contributed by atoms with Crippen molar-refractivity contribution in [3.63, 3.8) is 0 Å². The van der Waals surface area contributed by atoms with Crippen molar-refractivity contribution in [2.45, 2.75) is 0 Å². The van der Waals surface area contributed by atoms with Crippen molar-refractivity contribution < 1.29 is 0 Å². The van der Waals surface area contributed by atoms with Crippen LogP contribution in [0, 0.1) is 0 Å². The molecule has 0 unspecified atom stereocenters. The summed E-state index contributed by atoms with van der Waals surface area (Å²) in [6, 6.07) is 65.7. The zero-order valence-electron chi connectivity index (χ0n) is 27.2. The summed E-state index contributed by atoms with van der Waals surface area (Å²) in [5, 5.41) is 7.71. The van der Waals surface area contributed by atoms with Crippen molar-refractivity contribution in [3.05, 3.63) is 176 Å². The van der Waals surface area contributed by atoms with Crippen molar-refractivity contribution in [1.82, 2.24) is 0 Å². The van der Waals surface area contributed by atoms with Gasteiger partial charge in [0, 0.05) is 0 Å². The zero-order valence-corrected chi connectivity index (χ0v) is 31.4. The second-order valence-electron chi connectivity index (χ2n) is 13.1. The van der Waals surface area contributed by atoms with E-state index in [9.17, 15) is 0 Å². The summed E-state index contributed by atoms with van der Waals surface area (Å²) in [7, 11) is 0. The van der Waals surface area contributed by atoms with E-state index in [0.717, 1.165) is 0 Å². The van der Waals surface area contributed by atoms with Gasteiger partial charge in [-0.25, -0.2) is 0 Å². The fourth-order valence-corrected chi connectivity index (χ4v) is 11.9. The van der Waals surface area contributed by atoms with Crippen molar-refractivity contribution >= 4 is 77.5 Å². The minimum atomic E-state index is -0.455. The summed E-state index contributed by atoms with van der Waals surface area (Å²) in [5.74, 6) is 0. The second-order valence-corrected chi connectivity index (χ2v) is 16.9. The monoisotopic (exact) mass is 753 g/mol. The molecule has 1 aliphatic rings. The van der Waals surface area contributed by atoms with Gasteiger partial charge in [-0.05, 0) is 0 Å². The van der Waals surface area contributed by atoms with Gasteiger partial charge in [-0.1, -0.05) is 0 Å². The van der Waals surface area contributed by atoms with E-state index in [1.165, 1.54) is 96.7 Å². The summed E-state index contributed by atoms with van der Waals surface area (Å²) in [5.41, 5.74) is 13.1. The first-order valence-electron chi connectivity index (χ1n) is 17.1. The molecule has 5 radical (unpaired) electrons. The molecule has 0 N–H and O–H groups in total. The molecular formula is C48H29Ge2. The van der Waals surface area contributed by atoms with Crippen LogP contribution in [0.1, 0.15) is 0 Å². The van der Waals surface area contributed by atoms with E-state index in [0.29, 0.717) is 0 Å². The molecule has 0 atom stereocenters. The molecule has 0 saturated heterocycles. The maximum absolute atomic E-state index is 2.49. The van der Waals surface area contributed by atoms with E-state index in [4.69, 9.17) is 0 Å². The molecule has 229 valence electrons. The van der Waals surface area contributed by atoms with Gasteiger partial charge in [0.15, 0.2) is 0 Å². The van der Waals surface area contributed by atoms with Crippen LogP contribution >= 0.6 is 0 Å². The van der Waals surface area contributed by atoms with Crippen LogP contribution in [0.5, 0.6) is 0 Å². The molecule has 0 spiro atoms. The predicted molar refractivity (Wildman–Crippen MR) is 217 cm³/mol. The molecule has 1 aliphatic heterocycles. The van der Waals surface area contributed by atoms with Gasteiger partial charge in [0.2, 0.25) is 0 Å². The fourth-order valence-electron chi connectivity index (χ4n) is 8.07. The summed E-state index contributed by atoms with van der Waals surface area (Å²) < 4.78 is 4.37. The second kappa shape index (κ2) is 12.0. The predicted octanol–water partition coefficient (Wildman–Crippen LogP) is 10.2. The molecule has 10 rings (SSSR count). The molecule has 1 heterocycles. The Morgan fingerprint density at radius 2 is 0.860 bits per heavy atom. The van der Waals surface area contributed by atoms with Crippen LogP contribution in [0.25, 0.3) is 88.0 Å². The normalized spacial score (nSPS) is 12.0. The molecule has 0 nitrogen and oxygen atoms in total. The van der Waals surface area contributed by atoms with Crippen LogP contribution in [-0.2, 0) is 0 Å². The molecule has 0 bridgehead atoms. The molecule has 9 aromatic rings. The summed E-state index contributed by atoms with van der Waals surface area (Å²) in [6.45, 7) is 0. The minimum absolute atomic E-state index is 0.455. The third-order valence-electron chi connectivity index (χ3n) is 10.3. The van der Waals surface area contributed by atoms with Crippen LogP contribution in [0.2, 0.25) is 0 Å². The van der Waals surface area contributed by atoms with E-state index >= 15 is 0 Å². The summed E-state index contributed by atoms with van der Waals surface area (Å²) in [4.78, 5) is 0. The first-order chi connectivity index (χ1) is 24.7. The van der Waals surface area contributed by atoms with E-state index in [-0.39, 0.29) is 0 Å². The van der Waals surface area contributed by atoms with Crippen molar-refractivity contribution in [3.8, 4) is 55.6 Å². The topological polar surface area (TPSA) is 0 Å². The standard InChI is InChI=1S/C48H29Ge2/c49-45-26-5-3-17-35(45)32-15-7-14-31(28-32)34-19-9-22-39-43(34)29-44-36(41-24-11-25-42-37-18-4-6-27-46(37)50-48(41)42)20-10-23-40(44)47(39)38-21-8-13-30-12-1-2-16-33(30)38/h1-29H. The molecule has 2 heteroatoms. The van der Waals surface area contributed by atoms with E-state index in [2.05, 4.69) is 192 Å². The number of hydrogen-bond acceptors (Lipinski definition) is 0. The van der Waals surface area contributed by atoms with Crippen LogP contribution < -0.4 is 13.2 Å². The Bertz CT molecular complexity index is 2800. The molecule has 0 fully saturated rings. The Morgan fingerprint density at radius 1 is 0.340 bits per heavy atom. The van der Waals surface area contributed by atoms with Crippen LogP contribution in [0.15, 0.2) is 176 Å².